The maximum atomic E-state index is 12.8. The van der Waals surface area contributed by atoms with Crippen molar-refractivity contribution in [2.75, 3.05) is 5.32 Å². The van der Waals surface area contributed by atoms with Crippen LogP contribution in [0.5, 0.6) is 0 Å². The molecule has 2 aromatic carbocycles. The summed E-state index contributed by atoms with van der Waals surface area (Å²) >= 11 is 9.14. The molecule has 0 radical (unpaired) electrons. The van der Waals surface area contributed by atoms with Gasteiger partial charge in [-0.15, -0.1) is 0 Å². The minimum atomic E-state index is -4.56. The first-order valence-electron chi connectivity index (χ1n) is 8.32. The van der Waals surface area contributed by atoms with Gasteiger partial charge < -0.3 is 5.32 Å². The Morgan fingerprint density at radius 3 is 2.31 bits per heavy atom. The summed E-state index contributed by atoms with van der Waals surface area (Å²) in [4.78, 5) is 23.8. The third kappa shape index (κ3) is 7.17. The molecule has 0 heterocycles. The van der Waals surface area contributed by atoms with Crippen LogP contribution < -0.4 is 10.7 Å². The van der Waals surface area contributed by atoms with Crippen LogP contribution in [0.1, 0.15) is 30.9 Å². The summed E-state index contributed by atoms with van der Waals surface area (Å²) in [6, 6.07) is 9.91. The lowest BCUT2D eigenvalue weighted by molar-refractivity contribution is -0.137. The summed E-state index contributed by atoms with van der Waals surface area (Å²) in [6.45, 7) is 1.71. The first-order chi connectivity index (χ1) is 13.6. The quantitative estimate of drug-likeness (QED) is 0.422. The van der Waals surface area contributed by atoms with Crippen LogP contribution in [0.4, 0.5) is 18.9 Å². The Kier molecular flexibility index (Phi) is 7.80. The predicted molar refractivity (Wildman–Crippen MR) is 109 cm³/mol. The second-order valence-corrected chi connectivity index (χ2v) is 7.30. The number of alkyl halides is 3. The van der Waals surface area contributed by atoms with Crippen LogP contribution in [-0.2, 0) is 15.8 Å². The highest BCUT2D eigenvalue weighted by molar-refractivity contribution is 9.10. The fourth-order valence-corrected chi connectivity index (χ4v) is 2.62. The Hall–Kier alpha value is -2.39. The lowest BCUT2D eigenvalue weighted by Gasteiger charge is -2.11. The second kappa shape index (κ2) is 9.89. The lowest BCUT2D eigenvalue weighted by atomic mass is 10.1. The molecular weight excluding hydrogens is 475 g/mol. The molecule has 0 aliphatic heterocycles. The molecule has 154 valence electrons. The zero-order valence-electron chi connectivity index (χ0n) is 15.1. The Balaban J connectivity index is 1.88. The Labute approximate surface area is 178 Å². The number of hydrazone groups is 1. The van der Waals surface area contributed by atoms with Crippen molar-refractivity contribution >= 4 is 50.7 Å². The zero-order valence-corrected chi connectivity index (χ0v) is 17.5. The van der Waals surface area contributed by atoms with Crippen LogP contribution in [0.15, 0.2) is 52.0 Å². The van der Waals surface area contributed by atoms with Crippen molar-refractivity contribution in [3.05, 3.63) is 63.1 Å². The van der Waals surface area contributed by atoms with E-state index in [-0.39, 0.29) is 23.6 Å². The van der Waals surface area contributed by atoms with Gasteiger partial charge in [-0.25, -0.2) is 5.43 Å². The first kappa shape index (κ1) is 22.9. The molecule has 0 saturated heterocycles. The number of nitrogens with one attached hydrogen (secondary N) is 2. The van der Waals surface area contributed by atoms with E-state index in [2.05, 4.69) is 31.8 Å². The van der Waals surface area contributed by atoms with Crippen LogP contribution >= 0.6 is 27.5 Å². The fraction of sp³-hybridized carbons (Fsp3) is 0.211. The van der Waals surface area contributed by atoms with Crippen molar-refractivity contribution in [2.45, 2.75) is 25.9 Å². The van der Waals surface area contributed by atoms with E-state index in [1.165, 1.54) is 0 Å². The summed E-state index contributed by atoms with van der Waals surface area (Å²) in [7, 11) is 0. The fourth-order valence-electron chi connectivity index (χ4n) is 2.19. The van der Waals surface area contributed by atoms with Gasteiger partial charge in [0.25, 0.3) is 0 Å². The number of carbonyl (C=O) groups is 2. The molecule has 0 aromatic heterocycles. The molecule has 2 rings (SSSR count). The average Bonchev–Trinajstić information content (AvgIpc) is 2.66. The molecule has 0 saturated carbocycles. The van der Waals surface area contributed by atoms with Crippen LogP contribution in [0.2, 0.25) is 5.02 Å². The van der Waals surface area contributed by atoms with E-state index < -0.39 is 23.6 Å². The number of amides is 2. The zero-order chi connectivity index (χ0) is 21.6. The van der Waals surface area contributed by atoms with Gasteiger partial charge >= 0.3 is 6.18 Å². The molecule has 2 amide bonds. The molecule has 0 unspecified atom stereocenters. The molecule has 10 heteroatoms. The normalized spacial score (nSPS) is 11.9. The topological polar surface area (TPSA) is 70.6 Å². The minimum absolute atomic E-state index is 0.0366. The molecule has 0 atom stereocenters. The van der Waals surface area contributed by atoms with Crippen molar-refractivity contribution in [1.29, 1.82) is 0 Å². The molecule has 2 N–H and O–H groups in total. The second-order valence-electron chi connectivity index (χ2n) is 5.98. The van der Waals surface area contributed by atoms with E-state index in [1.807, 2.05) is 24.3 Å². The van der Waals surface area contributed by atoms with Gasteiger partial charge in [-0.1, -0.05) is 39.7 Å². The smallest absolute Gasteiger partial charge is 0.325 e. The maximum absolute atomic E-state index is 12.8. The highest BCUT2D eigenvalue weighted by Crippen LogP contribution is 2.33. The summed E-state index contributed by atoms with van der Waals surface area (Å²) in [6.07, 6.45) is -5.00. The Morgan fingerprint density at radius 2 is 1.69 bits per heavy atom. The molecule has 0 bridgehead atoms. The molecular formula is C19H16BrClF3N3O2. The molecule has 5 nitrogen and oxygen atoms in total. The molecule has 0 fully saturated rings. The van der Waals surface area contributed by atoms with Gasteiger partial charge in [0.1, 0.15) is 0 Å². The van der Waals surface area contributed by atoms with Crippen molar-refractivity contribution in [1.82, 2.24) is 5.43 Å². The molecule has 0 aliphatic rings. The highest BCUT2D eigenvalue weighted by atomic mass is 79.9. The number of benzene rings is 2. The first-order valence-corrected chi connectivity index (χ1v) is 9.49. The van der Waals surface area contributed by atoms with Gasteiger partial charge in [0.2, 0.25) is 11.8 Å². The molecule has 29 heavy (non-hydrogen) atoms. The number of nitrogens with zero attached hydrogens (tertiary/aromatic N) is 1. The summed E-state index contributed by atoms with van der Waals surface area (Å²) in [5, 5.41) is 6.21. The van der Waals surface area contributed by atoms with Gasteiger partial charge in [-0.3, -0.25) is 9.59 Å². The van der Waals surface area contributed by atoms with Gasteiger partial charge in [0.15, 0.2) is 0 Å². The van der Waals surface area contributed by atoms with Crippen LogP contribution in [0.25, 0.3) is 0 Å². The number of anilines is 1. The van der Waals surface area contributed by atoms with Gasteiger partial charge in [-0.2, -0.15) is 18.3 Å². The van der Waals surface area contributed by atoms with Crippen molar-refractivity contribution in [3.8, 4) is 0 Å². The lowest BCUT2D eigenvalue weighted by Crippen LogP contribution is -2.22. The standard InChI is InChI=1S/C19H16BrClF3N3O2/c1-11(12-2-5-14(20)6-3-12)26-27-18(29)9-8-17(28)25-16-10-13(19(22,23)24)4-7-15(16)21/h2-7,10H,8-9H2,1H3,(H,25,28)(H,27,29). The number of hydrogen-bond acceptors (Lipinski definition) is 3. The largest absolute Gasteiger partial charge is 0.416 e. The average molecular weight is 491 g/mol. The summed E-state index contributed by atoms with van der Waals surface area (Å²) in [5.41, 5.74) is 2.62. The summed E-state index contributed by atoms with van der Waals surface area (Å²) < 4.78 is 39.2. The number of carbonyl (C=O) groups excluding carboxylic acids is 2. The van der Waals surface area contributed by atoms with E-state index >= 15 is 0 Å². The van der Waals surface area contributed by atoms with Crippen molar-refractivity contribution in [2.24, 2.45) is 5.10 Å². The van der Waals surface area contributed by atoms with Crippen molar-refractivity contribution < 1.29 is 22.8 Å². The van der Waals surface area contributed by atoms with Gasteiger partial charge in [0, 0.05) is 17.3 Å². The highest BCUT2D eigenvalue weighted by Gasteiger charge is 2.31. The number of halogens is 5. The van der Waals surface area contributed by atoms with E-state index in [1.54, 1.807) is 6.92 Å². The summed E-state index contributed by atoms with van der Waals surface area (Å²) in [5.74, 6) is -1.15. The monoisotopic (exact) mass is 489 g/mol. The molecule has 2 aromatic rings. The number of hydrogen-bond donors (Lipinski definition) is 2. The minimum Gasteiger partial charge on any atom is -0.325 e. The molecule has 0 aliphatic carbocycles. The van der Waals surface area contributed by atoms with Crippen LogP contribution in [0.3, 0.4) is 0 Å². The number of rotatable bonds is 6. The third-order valence-electron chi connectivity index (χ3n) is 3.76. The van der Waals surface area contributed by atoms with Gasteiger partial charge in [0.05, 0.1) is 22.0 Å². The predicted octanol–water partition coefficient (Wildman–Crippen LogP) is 5.38. The van der Waals surface area contributed by atoms with E-state index in [4.69, 9.17) is 11.6 Å². The van der Waals surface area contributed by atoms with E-state index in [0.29, 0.717) is 5.71 Å². The van der Waals surface area contributed by atoms with Crippen LogP contribution in [0, 0.1) is 0 Å². The van der Waals surface area contributed by atoms with Crippen LogP contribution in [-0.4, -0.2) is 17.5 Å². The molecule has 0 spiro atoms. The van der Waals surface area contributed by atoms with E-state index in [0.717, 1.165) is 28.2 Å². The third-order valence-corrected chi connectivity index (χ3v) is 4.62. The Morgan fingerprint density at radius 1 is 1.07 bits per heavy atom. The van der Waals surface area contributed by atoms with E-state index in [9.17, 15) is 22.8 Å². The Bertz CT molecular complexity index is 931. The maximum Gasteiger partial charge on any atom is 0.416 e. The van der Waals surface area contributed by atoms with Crippen molar-refractivity contribution in [3.63, 3.8) is 0 Å². The van der Waals surface area contributed by atoms with Gasteiger partial charge in [-0.05, 0) is 42.8 Å². The SMILES string of the molecule is CC(=NNC(=O)CCC(=O)Nc1cc(C(F)(F)F)ccc1Cl)c1ccc(Br)cc1.